The molecule has 1 aliphatic carbocycles. The zero-order valence-corrected chi connectivity index (χ0v) is 14.4. The van der Waals surface area contributed by atoms with Crippen LogP contribution in [0.2, 0.25) is 0 Å². The summed E-state index contributed by atoms with van der Waals surface area (Å²) >= 11 is 0. The number of amides is 1. The van der Waals surface area contributed by atoms with Gasteiger partial charge in [-0.3, -0.25) is 4.79 Å². The summed E-state index contributed by atoms with van der Waals surface area (Å²) in [7, 11) is 0. The van der Waals surface area contributed by atoms with Gasteiger partial charge in [-0.25, -0.2) is 0 Å². The first-order chi connectivity index (χ1) is 11.5. The van der Waals surface area contributed by atoms with Crippen LogP contribution in [0.1, 0.15) is 37.7 Å². The van der Waals surface area contributed by atoms with E-state index in [0.29, 0.717) is 19.6 Å². The van der Waals surface area contributed by atoms with Crippen molar-refractivity contribution in [2.45, 2.75) is 51.2 Å². The quantitative estimate of drug-likeness (QED) is 0.922. The number of rotatable bonds is 2. The van der Waals surface area contributed by atoms with Crippen molar-refractivity contribution < 1.29 is 9.90 Å². The predicted molar refractivity (Wildman–Crippen MR) is 94.8 cm³/mol. The Labute approximate surface area is 143 Å². The van der Waals surface area contributed by atoms with E-state index in [1.165, 1.54) is 17.4 Å². The highest BCUT2D eigenvalue weighted by Crippen LogP contribution is 2.39. The molecule has 0 bridgehead atoms. The van der Waals surface area contributed by atoms with Crippen molar-refractivity contribution in [2.24, 2.45) is 5.92 Å². The minimum absolute atomic E-state index is 0.167. The van der Waals surface area contributed by atoms with E-state index in [1.54, 1.807) is 0 Å². The lowest BCUT2D eigenvalue weighted by Gasteiger charge is -2.47. The molecule has 2 aromatic rings. The van der Waals surface area contributed by atoms with Crippen LogP contribution in [0.15, 0.2) is 30.5 Å². The molecule has 0 unspecified atom stereocenters. The van der Waals surface area contributed by atoms with Gasteiger partial charge in [-0.1, -0.05) is 24.5 Å². The smallest absolute Gasteiger partial charge is 0.242 e. The Kier molecular flexibility index (Phi) is 3.87. The highest BCUT2D eigenvalue weighted by atomic mass is 16.3. The number of likely N-dealkylation sites (tertiary alicyclic amines) is 1. The molecule has 0 radical (unpaired) electrons. The predicted octanol–water partition coefficient (Wildman–Crippen LogP) is 3.10. The summed E-state index contributed by atoms with van der Waals surface area (Å²) in [6.45, 7) is 3.87. The number of aliphatic hydroxyl groups is 1. The number of carbonyl (C=O) groups excluding carboxylic acids is 1. The van der Waals surface area contributed by atoms with Gasteiger partial charge in [0.05, 0.1) is 5.60 Å². The van der Waals surface area contributed by atoms with Crippen molar-refractivity contribution in [3.63, 3.8) is 0 Å². The Bertz CT molecular complexity index is 766. The van der Waals surface area contributed by atoms with E-state index >= 15 is 0 Å². The number of fused-ring (bicyclic) bond motifs is 2. The number of aromatic nitrogens is 1. The number of carbonyl (C=O) groups is 1. The lowest BCUT2D eigenvalue weighted by atomic mass is 9.71. The molecule has 0 spiro atoms. The van der Waals surface area contributed by atoms with Gasteiger partial charge in [0.25, 0.3) is 0 Å². The Morgan fingerprint density at radius 3 is 3.04 bits per heavy atom. The number of hydrogen-bond acceptors (Lipinski definition) is 2. The fourth-order valence-corrected chi connectivity index (χ4v) is 4.50. The first kappa shape index (κ1) is 15.7. The number of piperidine rings is 1. The number of benzene rings is 1. The lowest BCUT2D eigenvalue weighted by molar-refractivity contribution is -0.143. The average Bonchev–Trinajstić information content (AvgIpc) is 2.95. The number of hydrogen-bond donors (Lipinski definition) is 1. The highest BCUT2D eigenvalue weighted by Gasteiger charge is 2.43. The Morgan fingerprint density at radius 2 is 2.17 bits per heavy atom. The van der Waals surface area contributed by atoms with Crippen molar-refractivity contribution in [3.8, 4) is 0 Å². The van der Waals surface area contributed by atoms with Crippen LogP contribution >= 0.6 is 0 Å². The molecule has 24 heavy (non-hydrogen) atoms. The third-order valence-corrected chi connectivity index (χ3v) is 6.01. The third-order valence-electron chi connectivity index (χ3n) is 6.01. The Morgan fingerprint density at radius 1 is 1.29 bits per heavy atom. The Balaban J connectivity index is 1.48. The summed E-state index contributed by atoms with van der Waals surface area (Å²) in [6.07, 6.45) is 6.98. The summed E-state index contributed by atoms with van der Waals surface area (Å²) in [4.78, 5) is 14.7. The largest absolute Gasteiger partial charge is 0.389 e. The van der Waals surface area contributed by atoms with Gasteiger partial charge in [0, 0.05) is 30.7 Å². The zero-order chi connectivity index (χ0) is 16.7. The molecule has 2 atom stereocenters. The van der Waals surface area contributed by atoms with Crippen LogP contribution in [-0.4, -0.2) is 39.2 Å². The zero-order valence-electron chi connectivity index (χ0n) is 14.4. The normalized spacial score (nSPS) is 27.2. The van der Waals surface area contributed by atoms with Gasteiger partial charge in [0.1, 0.15) is 6.54 Å². The minimum Gasteiger partial charge on any atom is -0.389 e. The maximum atomic E-state index is 12.8. The van der Waals surface area contributed by atoms with Gasteiger partial charge in [0.15, 0.2) is 0 Å². The van der Waals surface area contributed by atoms with Crippen LogP contribution in [0.5, 0.6) is 0 Å². The van der Waals surface area contributed by atoms with Crippen molar-refractivity contribution in [1.29, 1.82) is 0 Å². The summed E-state index contributed by atoms with van der Waals surface area (Å²) in [6, 6.07) is 8.41. The van der Waals surface area contributed by atoms with E-state index in [1.807, 2.05) is 15.7 Å². The van der Waals surface area contributed by atoms with Gasteiger partial charge >= 0.3 is 0 Å². The van der Waals surface area contributed by atoms with Gasteiger partial charge < -0.3 is 14.6 Å². The van der Waals surface area contributed by atoms with Crippen LogP contribution in [0.3, 0.4) is 0 Å². The molecule has 4 nitrogen and oxygen atoms in total. The summed E-state index contributed by atoms with van der Waals surface area (Å²) in [5.41, 5.74) is 1.83. The molecule has 4 rings (SSSR count). The monoisotopic (exact) mass is 326 g/mol. The second kappa shape index (κ2) is 5.92. The summed E-state index contributed by atoms with van der Waals surface area (Å²) < 4.78 is 2.04. The maximum absolute atomic E-state index is 12.8. The van der Waals surface area contributed by atoms with E-state index in [9.17, 15) is 9.90 Å². The van der Waals surface area contributed by atoms with Gasteiger partial charge in [-0.15, -0.1) is 0 Å². The van der Waals surface area contributed by atoms with Crippen molar-refractivity contribution in [1.82, 2.24) is 9.47 Å². The lowest BCUT2D eigenvalue weighted by Crippen LogP contribution is -2.55. The molecular weight excluding hydrogens is 300 g/mol. The fourth-order valence-electron chi connectivity index (χ4n) is 4.50. The van der Waals surface area contributed by atoms with Gasteiger partial charge in [-0.2, -0.15) is 0 Å². The van der Waals surface area contributed by atoms with Gasteiger partial charge in [0.2, 0.25) is 5.91 Å². The first-order valence-corrected chi connectivity index (χ1v) is 9.11. The molecule has 1 amide bonds. The second-order valence-corrected chi connectivity index (χ2v) is 7.64. The van der Waals surface area contributed by atoms with Gasteiger partial charge in [-0.05, 0) is 49.8 Å². The molecule has 1 N–H and O–H groups in total. The molecule has 1 aromatic carbocycles. The molecule has 1 saturated heterocycles. The van der Waals surface area contributed by atoms with E-state index < -0.39 is 5.60 Å². The van der Waals surface area contributed by atoms with E-state index in [4.69, 9.17) is 0 Å². The standard InChI is InChI=1S/C20H26N2O2/c1-15-5-6-18-16(12-15)7-10-21(18)14-19(23)22-11-9-20(24)8-3-2-4-17(20)13-22/h5-7,10,12,17,24H,2-4,8-9,11,13-14H2,1H3/t17-,20+/m0/s1. The van der Waals surface area contributed by atoms with Crippen molar-refractivity contribution in [3.05, 3.63) is 36.0 Å². The van der Waals surface area contributed by atoms with Crippen molar-refractivity contribution in [2.75, 3.05) is 13.1 Å². The van der Waals surface area contributed by atoms with Crippen molar-refractivity contribution >= 4 is 16.8 Å². The van der Waals surface area contributed by atoms with Crippen LogP contribution in [-0.2, 0) is 11.3 Å². The summed E-state index contributed by atoms with van der Waals surface area (Å²) in [5.74, 6) is 0.425. The highest BCUT2D eigenvalue weighted by molar-refractivity contribution is 5.84. The van der Waals surface area contributed by atoms with E-state index in [-0.39, 0.29) is 11.8 Å². The molecule has 1 aliphatic heterocycles. The SMILES string of the molecule is Cc1ccc2c(ccn2CC(=O)N2CC[C@]3(O)CCCC[C@H]3C2)c1. The first-order valence-electron chi connectivity index (χ1n) is 9.11. The third kappa shape index (κ3) is 2.73. The topological polar surface area (TPSA) is 45.5 Å². The molecule has 1 aromatic heterocycles. The van der Waals surface area contributed by atoms with Crippen LogP contribution in [0, 0.1) is 12.8 Å². The maximum Gasteiger partial charge on any atom is 0.242 e. The molecule has 2 fully saturated rings. The Hall–Kier alpha value is -1.81. The summed E-state index contributed by atoms with van der Waals surface area (Å²) in [5, 5.41) is 12.0. The molecule has 128 valence electrons. The molecule has 2 heterocycles. The molecule has 1 saturated carbocycles. The van der Waals surface area contributed by atoms with Crippen LogP contribution in [0.25, 0.3) is 10.9 Å². The second-order valence-electron chi connectivity index (χ2n) is 7.64. The minimum atomic E-state index is -0.521. The number of aryl methyl sites for hydroxylation is 1. The average molecular weight is 326 g/mol. The van der Waals surface area contributed by atoms with E-state index in [2.05, 4.69) is 31.2 Å². The number of nitrogens with zero attached hydrogens (tertiary/aromatic N) is 2. The van der Waals surface area contributed by atoms with Crippen LogP contribution in [0.4, 0.5) is 0 Å². The van der Waals surface area contributed by atoms with Crippen LogP contribution < -0.4 is 0 Å². The molecule has 2 aliphatic rings. The molecule has 4 heteroatoms. The van der Waals surface area contributed by atoms with E-state index in [0.717, 1.165) is 31.2 Å². The fraction of sp³-hybridized carbons (Fsp3) is 0.550. The molecular formula is C20H26N2O2.